The summed E-state index contributed by atoms with van der Waals surface area (Å²) in [5, 5.41) is 14.1. The van der Waals surface area contributed by atoms with Crippen LogP contribution in [0.25, 0.3) is 11.2 Å². The lowest BCUT2D eigenvalue weighted by Gasteiger charge is -2.26. The molecule has 2 aromatic carbocycles. The highest BCUT2D eigenvalue weighted by Crippen LogP contribution is 2.30. The third kappa shape index (κ3) is 5.08. The summed E-state index contributed by atoms with van der Waals surface area (Å²) in [6, 6.07) is 15.0. The number of hydrogen-bond donors (Lipinski definition) is 3. The van der Waals surface area contributed by atoms with E-state index in [-0.39, 0.29) is 17.8 Å². The lowest BCUT2D eigenvalue weighted by molar-refractivity contribution is 0.300. The number of allylic oxidation sites excluding steroid dienone is 1. The number of anilines is 1. The molecule has 0 radical (unpaired) electrons. The number of hydrogen-bond acceptors (Lipinski definition) is 8. The Balaban J connectivity index is 1.26. The fraction of sp³-hybridized carbons (Fsp3) is 0.321. The molecule has 1 fully saturated rings. The normalized spacial score (nSPS) is 16.6. The van der Waals surface area contributed by atoms with Crippen LogP contribution in [0.1, 0.15) is 42.4 Å². The number of aromatic hydroxyl groups is 1. The fourth-order valence-electron chi connectivity index (χ4n) is 4.60. The standard InChI is InChI=1S/C28H30N6O3/c29-25-24-26-33-27(32-25)36-14-3-1-2-5-20-15-19(17-34(26)28(35)31-24)10-13-23(20)37-22-11-8-18(9-12-22)16-30-21-6-4-7-21/h1-2,8-13,15,21,30H,3-7,14,16-17H2,(H,31,35)(H2,29,32,33)/b2-1-. The molecule has 4 aromatic rings. The van der Waals surface area contributed by atoms with Crippen LogP contribution < -0.4 is 20.5 Å². The average Bonchev–Trinajstić information content (AvgIpc) is 3.18. The van der Waals surface area contributed by atoms with E-state index in [9.17, 15) is 5.11 Å². The smallest absolute Gasteiger partial charge is 0.320 e. The molecule has 6 rings (SSSR count). The SMILES string of the molecule is Nc1nc2nc3c1nc(O)n3Cc1ccc(Oc3ccc(CNC4CCC4)cc3)c(c1)C/C=C\CCO2. The van der Waals surface area contributed by atoms with E-state index in [4.69, 9.17) is 15.2 Å². The highest BCUT2D eigenvalue weighted by Gasteiger charge is 2.18. The number of nitrogens with one attached hydrogen (secondary N) is 1. The van der Waals surface area contributed by atoms with Crippen LogP contribution in [0.2, 0.25) is 0 Å². The molecule has 3 heterocycles. The number of rotatable bonds is 5. The predicted molar refractivity (Wildman–Crippen MR) is 141 cm³/mol. The van der Waals surface area contributed by atoms with Crippen molar-refractivity contribution in [1.82, 2.24) is 24.8 Å². The maximum atomic E-state index is 10.5. The summed E-state index contributed by atoms with van der Waals surface area (Å²) in [4.78, 5) is 12.8. The summed E-state index contributed by atoms with van der Waals surface area (Å²) in [6.45, 7) is 1.65. The molecule has 0 amide bonds. The number of fused-ring (bicyclic) bond motifs is 3. The van der Waals surface area contributed by atoms with Crippen LogP contribution in [0.3, 0.4) is 0 Å². The molecule has 2 aliphatic rings. The van der Waals surface area contributed by atoms with Gasteiger partial charge in [-0.15, -0.1) is 0 Å². The minimum atomic E-state index is -0.172. The minimum absolute atomic E-state index is 0.172. The monoisotopic (exact) mass is 498 g/mol. The first-order valence-electron chi connectivity index (χ1n) is 12.7. The molecule has 0 atom stereocenters. The van der Waals surface area contributed by atoms with Crippen molar-refractivity contribution in [2.24, 2.45) is 0 Å². The molecular formula is C28H30N6O3. The lowest BCUT2D eigenvalue weighted by atomic mass is 9.93. The molecule has 190 valence electrons. The molecule has 9 heteroatoms. The first-order chi connectivity index (χ1) is 18.1. The second-order valence-electron chi connectivity index (χ2n) is 9.57. The van der Waals surface area contributed by atoms with Crippen LogP contribution >= 0.6 is 0 Å². The van der Waals surface area contributed by atoms with E-state index in [0.29, 0.717) is 43.2 Å². The molecular weight excluding hydrogens is 468 g/mol. The summed E-state index contributed by atoms with van der Waals surface area (Å²) in [5.74, 6) is 1.77. The molecule has 9 nitrogen and oxygen atoms in total. The van der Waals surface area contributed by atoms with Gasteiger partial charge < -0.3 is 25.6 Å². The van der Waals surface area contributed by atoms with E-state index in [2.05, 4.69) is 50.6 Å². The zero-order valence-electron chi connectivity index (χ0n) is 20.6. The molecule has 37 heavy (non-hydrogen) atoms. The predicted octanol–water partition coefficient (Wildman–Crippen LogP) is 4.48. The van der Waals surface area contributed by atoms with Crippen LogP contribution in [0.4, 0.5) is 5.82 Å². The van der Waals surface area contributed by atoms with Gasteiger partial charge in [-0.2, -0.15) is 15.0 Å². The first-order valence-corrected chi connectivity index (χ1v) is 12.7. The first kappa shape index (κ1) is 23.3. The van der Waals surface area contributed by atoms with Gasteiger partial charge in [0.15, 0.2) is 17.0 Å². The molecule has 1 saturated carbocycles. The van der Waals surface area contributed by atoms with Crippen molar-refractivity contribution < 1.29 is 14.6 Å². The van der Waals surface area contributed by atoms with Crippen molar-refractivity contribution in [1.29, 1.82) is 0 Å². The average molecular weight is 499 g/mol. The summed E-state index contributed by atoms with van der Waals surface area (Å²) in [7, 11) is 0. The van der Waals surface area contributed by atoms with Crippen LogP contribution in [0.5, 0.6) is 23.5 Å². The van der Waals surface area contributed by atoms with Crippen molar-refractivity contribution in [2.45, 2.75) is 51.2 Å². The Morgan fingerprint density at radius 3 is 2.76 bits per heavy atom. The summed E-state index contributed by atoms with van der Waals surface area (Å²) in [6.07, 6.45) is 9.46. The molecule has 4 N–H and O–H groups in total. The van der Waals surface area contributed by atoms with Crippen LogP contribution in [0, 0.1) is 0 Å². The second kappa shape index (κ2) is 10.1. The van der Waals surface area contributed by atoms with Crippen LogP contribution in [-0.2, 0) is 19.5 Å². The Morgan fingerprint density at radius 2 is 1.95 bits per heavy atom. The molecule has 0 saturated heterocycles. The number of benzene rings is 2. The van der Waals surface area contributed by atoms with E-state index >= 15 is 0 Å². The van der Waals surface area contributed by atoms with Crippen molar-refractivity contribution in [3.63, 3.8) is 0 Å². The van der Waals surface area contributed by atoms with Gasteiger partial charge in [-0.1, -0.05) is 36.8 Å². The summed E-state index contributed by atoms with van der Waals surface area (Å²) >= 11 is 0. The van der Waals surface area contributed by atoms with Crippen LogP contribution in [0.15, 0.2) is 54.6 Å². The van der Waals surface area contributed by atoms with Gasteiger partial charge in [0.25, 0.3) is 6.01 Å². The van der Waals surface area contributed by atoms with Gasteiger partial charge in [0.05, 0.1) is 13.2 Å². The third-order valence-corrected chi connectivity index (χ3v) is 6.92. The molecule has 0 spiro atoms. The number of aromatic nitrogens is 4. The highest BCUT2D eigenvalue weighted by atomic mass is 16.5. The van der Waals surface area contributed by atoms with Gasteiger partial charge in [-0.05, 0) is 66.6 Å². The Hall–Kier alpha value is -4.11. The number of nitrogens with two attached hydrogens (primary N) is 1. The Morgan fingerprint density at radius 1 is 1.08 bits per heavy atom. The largest absolute Gasteiger partial charge is 0.480 e. The molecule has 0 unspecified atom stereocenters. The Kier molecular flexibility index (Phi) is 6.36. The molecule has 1 aliphatic heterocycles. The minimum Gasteiger partial charge on any atom is -0.480 e. The third-order valence-electron chi connectivity index (χ3n) is 6.92. The van der Waals surface area contributed by atoms with E-state index < -0.39 is 0 Å². The van der Waals surface area contributed by atoms with Crippen molar-refractivity contribution in [3.05, 3.63) is 71.3 Å². The number of ether oxygens (including phenoxy) is 2. The van der Waals surface area contributed by atoms with Gasteiger partial charge in [0.2, 0.25) is 0 Å². The van der Waals surface area contributed by atoms with Crippen molar-refractivity contribution >= 4 is 17.0 Å². The van der Waals surface area contributed by atoms with E-state index in [1.807, 2.05) is 24.3 Å². The molecule has 2 aromatic heterocycles. The van der Waals surface area contributed by atoms with Crippen molar-refractivity contribution in [2.75, 3.05) is 12.3 Å². The number of nitrogen functional groups attached to an aromatic ring is 1. The van der Waals surface area contributed by atoms with Gasteiger partial charge in [-0.25, -0.2) is 0 Å². The number of nitrogens with zero attached hydrogens (tertiary/aromatic N) is 4. The lowest BCUT2D eigenvalue weighted by Crippen LogP contribution is -2.34. The Bertz CT molecular complexity index is 1440. The maximum absolute atomic E-state index is 10.5. The van der Waals surface area contributed by atoms with E-state index in [1.165, 1.54) is 24.8 Å². The van der Waals surface area contributed by atoms with Crippen LogP contribution in [-0.4, -0.2) is 37.3 Å². The topological polar surface area (TPSA) is 120 Å². The van der Waals surface area contributed by atoms with Gasteiger partial charge in [0.1, 0.15) is 11.5 Å². The Labute approximate surface area is 215 Å². The summed E-state index contributed by atoms with van der Waals surface area (Å²) in [5.41, 5.74) is 10.1. The van der Waals surface area contributed by atoms with Gasteiger partial charge in [-0.3, -0.25) is 4.57 Å². The summed E-state index contributed by atoms with van der Waals surface area (Å²) < 4.78 is 13.6. The van der Waals surface area contributed by atoms with E-state index in [1.54, 1.807) is 4.57 Å². The number of imidazole rings is 1. The zero-order valence-corrected chi connectivity index (χ0v) is 20.6. The van der Waals surface area contributed by atoms with Gasteiger partial charge >= 0.3 is 6.01 Å². The molecule has 1 aliphatic carbocycles. The fourth-order valence-corrected chi connectivity index (χ4v) is 4.60. The zero-order chi connectivity index (χ0) is 25.2. The van der Waals surface area contributed by atoms with Crippen molar-refractivity contribution in [3.8, 4) is 23.5 Å². The van der Waals surface area contributed by atoms with E-state index in [0.717, 1.165) is 29.2 Å². The second-order valence-corrected chi connectivity index (χ2v) is 9.57. The maximum Gasteiger partial charge on any atom is 0.320 e. The quantitative estimate of drug-likeness (QED) is 0.345. The van der Waals surface area contributed by atoms with Gasteiger partial charge in [0, 0.05) is 12.6 Å². The molecule has 4 bridgehead atoms. The highest BCUT2D eigenvalue weighted by molar-refractivity contribution is 5.83.